The Morgan fingerprint density at radius 3 is 2.37 bits per heavy atom. The second kappa shape index (κ2) is 14.3. The van der Waals surface area contributed by atoms with Crippen LogP contribution in [0.2, 0.25) is 0 Å². The van der Waals surface area contributed by atoms with Crippen molar-refractivity contribution < 1.29 is 36.3 Å². The highest BCUT2D eigenvalue weighted by Crippen LogP contribution is 2.51. The van der Waals surface area contributed by atoms with E-state index in [9.17, 15) is 41.5 Å². The molecule has 0 fully saturated rings. The van der Waals surface area contributed by atoms with E-state index in [1.54, 1.807) is 0 Å². The van der Waals surface area contributed by atoms with Crippen molar-refractivity contribution in [2.75, 3.05) is 23.3 Å². The molecule has 14 heteroatoms. The molecule has 0 bridgehead atoms. The zero-order valence-corrected chi connectivity index (χ0v) is 29.1. The van der Waals surface area contributed by atoms with Gasteiger partial charge in [0, 0.05) is 47.6 Å². The van der Waals surface area contributed by atoms with Gasteiger partial charge in [-0.05, 0) is 65.6 Å². The highest BCUT2D eigenvalue weighted by Gasteiger charge is 2.48. The predicted molar refractivity (Wildman–Crippen MR) is 187 cm³/mol. The number of nitrogens with one attached hydrogen (secondary N) is 1. The molecule has 1 atom stereocenters. The third kappa shape index (κ3) is 7.42. The van der Waals surface area contributed by atoms with Gasteiger partial charge in [-0.2, -0.15) is 18.4 Å². The first-order valence-electron chi connectivity index (χ1n) is 16.4. The number of hydrogen-bond donors (Lipinski definition) is 3. The zero-order valence-electron chi connectivity index (χ0n) is 28.3. The van der Waals surface area contributed by atoms with Crippen molar-refractivity contribution in [3.05, 3.63) is 101 Å². The second-order valence-electron chi connectivity index (χ2n) is 12.9. The van der Waals surface area contributed by atoms with E-state index < -0.39 is 50.5 Å². The average molecular weight is 722 g/mol. The van der Waals surface area contributed by atoms with E-state index in [0.29, 0.717) is 30.6 Å². The molecule has 0 radical (unpaired) electrons. The summed E-state index contributed by atoms with van der Waals surface area (Å²) in [7, 11) is -3.89. The van der Waals surface area contributed by atoms with Gasteiger partial charge >= 0.3 is 6.18 Å². The van der Waals surface area contributed by atoms with Gasteiger partial charge in [0.1, 0.15) is 11.6 Å². The number of allylic oxidation sites excluding steroid dienone is 3. The minimum absolute atomic E-state index is 0.0336. The lowest BCUT2D eigenvalue weighted by atomic mass is 9.81. The maximum atomic E-state index is 14.5. The molecule has 0 aromatic heterocycles. The monoisotopic (exact) mass is 721 g/mol. The molecule has 2 aliphatic heterocycles. The Bertz CT molecular complexity index is 2120. The number of hydrogen-bond acceptors (Lipinski definition) is 7. The number of unbranched alkanes of at least 4 members (excludes halogenated alkanes) is 1. The number of aliphatic hydroxyl groups is 1. The fourth-order valence-corrected chi connectivity index (χ4v) is 7.24. The van der Waals surface area contributed by atoms with Gasteiger partial charge in [-0.25, -0.2) is 13.6 Å². The number of fused-ring (bicyclic) bond motifs is 3. The van der Waals surface area contributed by atoms with E-state index in [2.05, 4.69) is 5.32 Å². The number of anilines is 2. The number of sulfonamides is 1. The molecule has 0 saturated carbocycles. The first-order chi connectivity index (χ1) is 24.0. The molecule has 4 N–H and O–H groups in total. The molecule has 5 rings (SSSR count). The molecule has 0 saturated heterocycles. The molecule has 10 nitrogen and oxygen atoms in total. The number of alkyl halides is 3. The van der Waals surface area contributed by atoms with Gasteiger partial charge in [0.2, 0.25) is 15.9 Å². The Labute approximate surface area is 294 Å². The van der Waals surface area contributed by atoms with Crippen LogP contribution in [0.4, 0.5) is 24.5 Å². The summed E-state index contributed by atoms with van der Waals surface area (Å²) in [6.07, 6.45) is -2.99. The lowest BCUT2D eigenvalue weighted by molar-refractivity contribution is -0.139. The summed E-state index contributed by atoms with van der Waals surface area (Å²) in [6, 6.07) is 18.5. The molecular formula is C37H38F3N5O5S. The fourth-order valence-electron chi connectivity index (χ4n) is 6.73. The van der Waals surface area contributed by atoms with E-state index in [1.165, 1.54) is 36.4 Å². The maximum absolute atomic E-state index is 14.5. The quantitative estimate of drug-likeness (QED) is 0.227. The standard InChI is InChI=1S/C37H38F3N5O5S/c1-4-5-20-45-34(47)27(32(37(38,39)40)28(22-41)35(45)48)17-19-30-36(2,3)33-26-10-7-6-9-23(26)12-18-29(33)44(30)21-8-11-31(46)43-24-13-15-25(16-14-24)51(42,49)50/h6-7,9-10,12-19,34,47H,4-5,8,11,20-21H2,1-3H3,(H,43,46)(H2,42,49,50)/b27-17-,30-19+. The first-order valence-corrected chi connectivity index (χ1v) is 17.9. The van der Waals surface area contributed by atoms with Gasteiger partial charge in [-0.1, -0.05) is 63.6 Å². The van der Waals surface area contributed by atoms with Gasteiger partial charge in [0.25, 0.3) is 5.91 Å². The minimum atomic E-state index is -5.10. The molecule has 268 valence electrons. The van der Waals surface area contributed by atoms with Crippen LogP contribution in [0.1, 0.15) is 52.0 Å². The van der Waals surface area contributed by atoms with E-state index in [0.717, 1.165) is 33.0 Å². The van der Waals surface area contributed by atoms with Crippen LogP contribution in [0.25, 0.3) is 10.8 Å². The summed E-state index contributed by atoms with van der Waals surface area (Å²) in [5.74, 6) is -1.51. The highest BCUT2D eigenvalue weighted by molar-refractivity contribution is 7.89. The number of carbonyl (C=O) groups is 2. The summed E-state index contributed by atoms with van der Waals surface area (Å²) in [4.78, 5) is 28.6. The Balaban J connectivity index is 1.53. The van der Waals surface area contributed by atoms with Crippen molar-refractivity contribution in [2.45, 2.75) is 69.2 Å². The Morgan fingerprint density at radius 2 is 1.75 bits per heavy atom. The summed E-state index contributed by atoms with van der Waals surface area (Å²) in [5.41, 5.74) is -1.22. The predicted octanol–water partition coefficient (Wildman–Crippen LogP) is 6.16. The van der Waals surface area contributed by atoms with Crippen molar-refractivity contribution in [3.8, 4) is 6.07 Å². The van der Waals surface area contributed by atoms with Crippen LogP contribution in [0.5, 0.6) is 0 Å². The molecule has 2 heterocycles. The number of benzene rings is 3. The molecule has 2 aliphatic rings. The molecular weight excluding hydrogens is 683 g/mol. The smallest absolute Gasteiger partial charge is 0.369 e. The van der Waals surface area contributed by atoms with Gasteiger partial charge in [-0.15, -0.1) is 0 Å². The number of amides is 2. The van der Waals surface area contributed by atoms with Crippen molar-refractivity contribution in [1.29, 1.82) is 5.26 Å². The van der Waals surface area contributed by atoms with Crippen molar-refractivity contribution >= 4 is 44.0 Å². The number of nitrogens with zero attached hydrogens (tertiary/aromatic N) is 3. The third-order valence-corrected chi connectivity index (χ3v) is 10.1. The minimum Gasteiger partial charge on any atom is -0.369 e. The lowest BCUT2D eigenvalue weighted by Gasteiger charge is -2.35. The van der Waals surface area contributed by atoms with Crippen LogP contribution < -0.4 is 15.4 Å². The van der Waals surface area contributed by atoms with E-state index in [4.69, 9.17) is 5.14 Å². The number of carbonyl (C=O) groups excluding carboxylic acids is 2. The normalized spacial score (nSPS) is 19.2. The van der Waals surface area contributed by atoms with Crippen LogP contribution in [0, 0.1) is 11.3 Å². The maximum Gasteiger partial charge on any atom is 0.418 e. The van der Waals surface area contributed by atoms with E-state index in [1.807, 2.05) is 62.1 Å². The number of rotatable bonds is 10. The van der Waals surface area contributed by atoms with Crippen LogP contribution in [-0.4, -0.2) is 55.7 Å². The van der Waals surface area contributed by atoms with Gasteiger partial charge in [0.15, 0.2) is 6.23 Å². The molecule has 1 unspecified atom stereocenters. The number of nitriles is 1. The van der Waals surface area contributed by atoms with Crippen LogP contribution in [0.15, 0.2) is 100 Å². The third-order valence-electron chi connectivity index (χ3n) is 9.16. The van der Waals surface area contributed by atoms with Crippen molar-refractivity contribution in [2.24, 2.45) is 5.14 Å². The van der Waals surface area contributed by atoms with E-state index in [-0.39, 0.29) is 30.3 Å². The summed E-state index contributed by atoms with van der Waals surface area (Å²) in [5, 5.41) is 30.7. The summed E-state index contributed by atoms with van der Waals surface area (Å²) >= 11 is 0. The highest BCUT2D eigenvalue weighted by atomic mass is 32.2. The number of primary sulfonamides is 1. The topological polar surface area (TPSA) is 157 Å². The van der Waals surface area contributed by atoms with Gasteiger partial charge < -0.3 is 20.2 Å². The molecule has 3 aromatic rings. The van der Waals surface area contributed by atoms with Gasteiger partial charge in [-0.3, -0.25) is 9.59 Å². The molecule has 51 heavy (non-hydrogen) atoms. The van der Waals surface area contributed by atoms with Crippen LogP contribution >= 0.6 is 0 Å². The molecule has 0 spiro atoms. The molecule has 3 aromatic carbocycles. The van der Waals surface area contributed by atoms with E-state index >= 15 is 0 Å². The Morgan fingerprint density at radius 1 is 1.06 bits per heavy atom. The average Bonchev–Trinajstić information content (AvgIpc) is 3.28. The lowest BCUT2D eigenvalue weighted by Crippen LogP contribution is -2.48. The van der Waals surface area contributed by atoms with Crippen molar-refractivity contribution in [1.82, 2.24) is 4.90 Å². The first kappa shape index (κ1) is 37.3. The van der Waals surface area contributed by atoms with Gasteiger partial charge in [0.05, 0.1) is 10.5 Å². The molecule has 0 aliphatic carbocycles. The summed E-state index contributed by atoms with van der Waals surface area (Å²) < 4.78 is 66.6. The zero-order chi connectivity index (χ0) is 37.3. The fraction of sp³-hybridized carbons (Fsp3) is 0.324. The molecule has 2 amide bonds. The number of halogens is 3. The second-order valence-corrected chi connectivity index (χ2v) is 14.5. The Hall–Kier alpha value is -4.97. The number of nitrogens with two attached hydrogens (primary N) is 1. The largest absolute Gasteiger partial charge is 0.418 e. The summed E-state index contributed by atoms with van der Waals surface area (Å²) in [6.45, 7) is 5.97. The SMILES string of the molecule is CCCCN1C(=O)C(C#N)=C(C(F)(F)F)/C(=C/C=C2/N(CCCC(=O)Nc3ccc(S(N)(=O)=O)cc3)c3ccc4ccccc4c3C2(C)C)C1O. The van der Waals surface area contributed by atoms with Crippen LogP contribution in [0.3, 0.4) is 0 Å². The Kier molecular flexibility index (Phi) is 10.5. The van der Waals surface area contributed by atoms with Crippen LogP contribution in [-0.2, 0) is 25.0 Å². The number of aliphatic hydroxyl groups excluding tert-OH is 1. The van der Waals surface area contributed by atoms with Crippen molar-refractivity contribution in [3.63, 3.8) is 0 Å².